The Morgan fingerprint density at radius 3 is 1.93 bits per heavy atom. The van der Waals surface area contributed by atoms with Crippen LogP contribution in [-0.4, -0.2) is 0 Å². The minimum atomic E-state index is -1.44. The van der Waals surface area contributed by atoms with Crippen molar-refractivity contribution in [3.05, 3.63) is 83.7 Å². The van der Waals surface area contributed by atoms with Gasteiger partial charge in [-0.25, -0.2) is 13.2 Å². The molecule has 0 unspecified atom stereocenters. The van der Waals surface area contributed by atoms with Crippen LogP contribution in [0.5, 0.6) is 0 Å². The van der Waals surface area contributed by atoms with Gasteiger partial charge in [-0.15, -0.1) is 0 Å². The van der Waals surface area contributed by atoms with Crippen LogP contribution in [-0.2, 0) is 6.42 Å². The summed E-state index contributed by atoms with van der Waals surface area (Å²) in [5, 5.41) is 4.43. The highest BCUT2D eigenvalue weighted by Crippen LogP contribution is 2.31. The first kappa shape index (κ1) is 20.5. The van der Waals surface area contributed by atoms with Gasteiger partial charge in [0.05, 0.1) is 0 Å². The van der Waals surface area contributed by atoms with Gasteiger partial charge in [0.25, 0.3) is 0 Å². The summed E-state index contributed by atoms with van der Waals surface area (Å²) in [6.45, 7) is 2.23. The Bertz CT molecular complexity index is 1170. The van der Waals surface area contributed by atoms with Gasteiger partial charge in [0, 0.05) is 0 Å². The molecule has 0 atom stereocenters. The highest BCUT2D eigenvalue weighted by molar-refractivity contribution is 6.08. The third kappa shape index (κ3) is 4.21. The smallest absolute Gasteiger partial charge is 0.194 e. The fourth-order valence-electron chi connectivity index (χ4n) is 4.11. The fraction of sp³-hybridized carbons (Fsp3) is 0.259. The van der Waals surface area contributed by atoms with Gasteiger partial charge in [0.1, 0.15) is 0 Å². The number of hydrogen-bond acceptors (Lipinski definition) is 0. The predicted molar refractivity (Wildman–Crippen MR) is 119 cm³/mol. The lowest BCUT2D eigenvalue weighted by Crippen LogP contribution is -1.92. The molecule has 154 valence electrons. The summed E-state index contributed by atoms with van der Waals surface area (Å²) in [5.74, 6) is -3.79. The standard InChI is InChI=1S/C27H25F3/c1-2-3-4-5-6-7-18-8-12-23-20(14-18)9-10-21-15-19(11-13-24(21)23)22-16-25(28)27(30)26(29)17-22/h8-17H,2-7H2,1H3. The lowest BCUT2D eigenvalue weighted by atomic mass is 9.95. The second kappa shape index (κ2) is 8.91. The molecule has 0 nitrogen and oxygen atoms in total. The molecular weight excluding hydrogens is 381 g/mol. The molecule has 0 aliphatic rings. The number of unbranched alkanes of at least 4 members (excludes halogenated alkanes) is 4. The van der Waals surface area contributed by atoms with Crippen molar-refractivity contribution in [2.24, 2.45) is 0 Å². The average molecular weight is 406 g/mol. The normalized spacial score (nSPS) is 11.5. The van der Waals surface area contributed by atoms with Gasteiger partial charge in [-0.1, -0.05) is 75.1 Å². The molecule has 0 bridgehead atoms. The molecule has 0 N–H and O–H groups in total. The van der Waals surface area contributed by atoms with Gasteiger partial charge >= 0.3 is 0 Å². The molecule has 0 saturated carbocycles. The summed E-state index contributed by atoms with van der Waals surface area (Å²) >= 11 is 0. The third-order valence-corrected chi connectivity index (χ3v) is 5.79. The van der Waals surface area contributed by atoms with E-state index in [0.717, 1.165) is 34.7 Å². The maximum absolute atomic E-state index is 13.6. The summed E-state index contributed by atoms with van der Waals surface area (Å²) in [6.07, 6.45) is 7.46. The topological polar surface area (TPSA) is 0 Å². The van der Waals surface area contributed by atoms with Crippen LogP contribution in [0.15, 0.2) is 60.7 Å². The van der Waals surface area contributed by atoms with E-state index in [2.05, 4.69) is 31.2 Å². The maximum Gasteiger partial charge on any atom is 0.194 e. The molecule has 0 aromatic heterocycles. The van der Waals surface area contributed by atoms with Crippen LogP contribution in [0.1, 0.15) is 44.6 Å². The van der Waals surface area contributed by atoms with Gasteiger partial charge in [-0.05, 0) is 69.3 Å². The van der Waals surface area contributed by atoms with Crippen LogP contribution in [0.4, 0.5) is 13.2 Å². The van der Waals surface area contributed by atoms with Crippen LogP contribution in [0.25, 0.3) is 32.7 Å². The molecule has 4 aromatic rings. The number of fused-ring (bicyclic) bond motifs is 3. The third-order valence-electron chi connectivity index (χ3n) is 5.79. The monoisotopic (exact) mass is 406 g/mol. The number of hydrogen-bond donors (Lipinski definition) is 0. The molecule has 0 saturated heterocycles. The molecule has 0 spiro atoms. The zero-order chi connectivity index (χ0) is 21.1. The molecule has 0 amide bonds. The molecule has 4 aromatic carbocycles. The first-order chi connectivity index (χ1) is 14.6. The lowest BCUT2D eigenvalue weighted by Gasteiger charge is -2.10. The number of benzene rings is 4. The predicted octanol–water partition coefficient (Wildman–Crippen LogP) is 8.59. The minimum Gasteiger partial charge on any atom is -0.204 e. The van der Waals surface area contributed by atoms with Gasteiger partial charge in [0.15, 0.2) is 17.5 Å². The highest BCUT2D eigenvalue weighted by Gasteiger charge is 2.12. The summed E-state index contributed by atoms with van der Waals surface area (Å²) in [6, 6.07) is 18.5. The molecule has 0 aliphatic heterocycles. The Balaban J connectivity index is 1.63. The van der Waals surface area contributed by atoms with Crippen LogP contribution >= 0.6 is 0 Å². The van der Waals surface area contributed by atoms with Crippen LogP contribution < -0.4 is 0 Å². The SMILES string of the molecule is CCCCCCCc1ccc2c(ccc3cc(-c4cc(F)c(F)c(F)c4)ccc32)c1. The number of aryl methyl sites for hydroxylation is 1. The van der Waals surface area contributed by atoms with E-state index in [-0.39, 0.29) is 0 Å². The average Bonchev–Trinajstić information content (AvgIpc) is 2.76. The van der Waals surface area contributed by atoms with E-state index in [0.29, 0.717) is 11.1 Å². The van der Waals surface area contributed by atoms with Crippen LogP contribution in [0, 0.1) is 17.5 Å². The molecule has 0 fully saturated rings. The van der Waals surface area contributed by atoms with Crippen molar-refractivity contribution in [1.29, 1.82) is 0 Å². The lowest BCUT2D eigenvalue weighted by molar-refractivity contribution is 0.448. The number of rotatable bonds is 7. The van der Waals surface area contributed by atoms with Gasteiger partial charge in [-0.3, -0.25) is 0 Å². The minimum absolute atomic E-state index is 0.326. The zero-order valence-electron chi connectivity index (χ0n) is 17.2. The van der Waals surface area contributed by atoms with E-state index in [1.807, 2.05) is 24.3 Å². The van der Waals surface area contributed by atoms with Gasteiger partial charge < -0.3 is 0 Å². The van der Waals surface area contributed by atoms with E-state index >= 15 is 0 Å². The molecule has 0 aliphatic carbocycles. The van der Waals surface area contributed by atoms with Gasteiger partial charge in [-0.2, -0.15) is 0 Å². The first-order valence-electron chi connectivity index (χ1n) is 10.7. The van der Waals surface area contributed by atoms with E-state index in [4.69, 9.17) is 0 Å². The Kier molecular flexibility index (Phi) is 6.08. The first-order valence-corrected chi connectivity index (χ1v) is 10.7. The van der Waals surface area contributed by atoms with Crippen molar-refractivity contribution >= 4 is 21.5 Å². The fourth-order valence-corrected chi connectivity index (χ4v) is 4.11. The van der Waals surface area contributed by atoms with Crippen molar-refractivity contribution in [3.8, 4) is 11.1 Å². The summed E-state index contributed by atoms with van der Waals surface area (Å²) in [4.78, 5) is 0. The quantitative estimate of drug-likeness (QED) is 0.164. The number of halogens is 3. The Morgan fingerprint density at radius 1 is 0.600 bits per heavy atom. The van der Waals surface area contributed by atoms with E-state index in [9.17, 15) is 13.2 Å². The second-order valence-corrected chi connectivity index (χ2v) is 7.98. The Labute approximate surface area is 175 Å². The highest BCUT2D eigenvalue weighted by atomic mass is 19.2. The summed E-state index contributed by atoms with van der Waals surface area (Å²) in [7, 11) is 0. The molecule has 4 rings (SSSR count). The molecular formula is C27H25F3. The zero-order valence-corrected chi connectivity index (χ0v) is 17.2. The van der Waals surface area contributed by atoms with E-state index < -0.39 is 17.5 Å². The Hall–Kier alpha value is -2.81. The van der Waals surface area contributed by atoms with Crippen molar-refractivity contribution in [1.82, 2.24) is 0 Å². The Morgan fingerprint density at radius 2 is 1.23 bits per heavy atom. The van der Waals surface area contributed by atoms with E-state index in [1.165, 1.54) is 43.1 Å². The van der Waals surface area contributed by atoms with Crippen LogP contribution in [0.3, 0.4) is 0 Å². The van der Waals surface area contributed by atoms with Crippen molar-refractivity contribution in [2.45, 2.75) is 45.4 Å². The maximum atomic E-state index is 13.6. The van der Waals surface area contributed by atoms with Crippen molar-refractivity contribution in [2.75, 3.05) is 0 Å². The van der Waals surface area contributed by atoms with E-state index in [1.54, 1.807) is 0 Å². The molecule has 0 radical (unpaired) electrons. The van der Waals surface area contributed by atoms with Crippen molar-refractivity contribution in [3.63, 3.8) is 0 Å². The summed E-state index contributed by atoms with van der Waals surface area (Å²) in [5.41, 5.74) is 2.34. The molecule has 30 heavy (non-hydrogen) atoms. The van der Waals surface area contributed by atoms with Gasteiger partial charge in [0.2, 0.25) is 0 Å². The van der Waals surface area contributed by atoms with Crippen LogP contribution in [0.2, 0.25) is 0 Å². The van der Waals surface area contributed by atoms with Crippen molar-refractivity contribution < 1.29 is 13.2 Å². The molecule has 3 heteroatoms. The largest absolute Gasteiger partial charge is 0.204 e. The molecule has 0 heterocycles. The summed E-state index contributed by atoms with van der Waals surface area (Å²) < 4.78 is 40.5. The second-order valence-electron chi connectivity index (χ2n) is 7.98.